The zero-order valence-corrected chi connectivity index (χ0v) is 10.3. The largest absolute Gasteiger partial charge is 0.361 e. The van der Waals surface area contributed by atoms with Crippen molar-refractivity contribution in [2.45, 2.75) is 20.8 Å². The van der Waals surface area contributed by atoms with Gasteiger partial charge < -0.3 is 15.6 Å². The average Bonchev–Trinajstić information content (AvgIpc) is 2.22. The number of H-pyrrole nitrogens is 1. The summed E-state index contributed by atoms with van der Waals surface area (Å²) in [5.41, 5.74) is -0.234. The van der Waals surface area contributed by atoms with E-state index in [1.165, 1.54) is 6.07 Å². The molecule has 0 saturated carbocycles. The van der Waals surface area contributed by atoms with E-state index < -0.39 is 0 Å². The molecular formula is C11H18N4O2. The number of carbonyl (C=O) groups is 1. The van der Waals surface area contributed by atoms with Crippen LogP contribution in [0.15, 0.2) is 10.9 Å². The first-order chi connectivity index (χ1) is 7.97. The summed E-state index contributed by atoms with van der Waals surface area (Å²) in [6, 6.07) is 1.32. The van der Waals surface area contributed by atoms with E-state index in [0.717, 1.165) is 0 Å². The van der Waals surface area contributed by atoms with E-state index in [4.69, 9.17) is 0 Å². The van der Waals surface area contributed by atoms with Crippen LogP contribution in [0.1, 0.15) is 19.7 Å². The molecule has 0 aliphatic heterocycles. The molecule has 0 fully saturated rings. The first kappa shape index (κ1) is 13.2. The second-order valence-electron chi connectivity index (χ2n) is 4.27. The van der Waals surface area contributed by atoms with E-state index in [2.05, 4.69) is 20.6 Å². The van der Waals surface area contributed by atoms with Gasteiger partial charge >= 0.3 is 0 Å². The predicted octanol–water partition coefficient (Wildman–Crippen LogP) is 0.262. The Morgan fingerprint density at radius 1 is 1.53 bits per heavy atom. The molecule has 0 saturated heterocycles. The lowest BCUT2D eigenvalue weighted by molar-refractivity contribution is -0.119. The van der Waals surface area contributed by atoms with Gasteiger partial charge in [0.05, 0.1) is 6.54 Å². The lowest BCUT2D eigenvalue weighted by Gasteiger charge is -2.08. The first-order valence-corrected chi connectivity index (χ1v) is 5.56. The fourth-order valence-electron chi connectivity index (χ4n) is 1.22. The van der Waals surface area contributed by atoms with Crippen LogP contribution < -0.4 is 16.2 Å². The number of amides is 1. The molecule has 3 N–H and O–H groups in total. The smallest absolute Gasteiger partial charge is 0.252 e. The van der Waals surface area contributed by atoms with Crippen LogP contribution in [0.5, 0.6) is 0 Å². The lowest BCUT2D eigenvalue weighted by Crippen LogP contribution is -2.32. The van der Waals surface area contributed by atoms with Gasteiger partial charge in [0.2, 0.25) is 5.91 Å². The molecule has 0 aliphatic rings. The Morgan fingerprint density at radius 2 is 2.24 bits per heavy atom. The van der Waals surface area contributed by atoms with Crippen molar-refractivity contribution in [1.29, 1.82) is 0 Å². The fraction of sp³-hybridized carbons (Fsp3) is 0.545. The summed E-state index contributed by atoms with van der Waals surface area (Å²) < 4.78 is 0. The van der Waals surface area contributed by atoms with Gasteiger partial charge in [0.1, 0.15) is 11.6 Å². The van der Waals surface area contributed by atoms with E-state index >= 15 is 0 Å². The van der Waals surface area contributed by atoms with Gasteiger partial charge in [-0.1, -0.05) is 13.8 Å². The zero-order chi connectivity index (χ0) is 12.8. The maximum Gasteiger partial charge on any atom is 0.252 e. The standard InChI is InChI=1S/C11H18N4O2/c1-7(2)5-13-11(17)6-12-9-4-10(16)15-8(3)14-9/h4,7H,5-6H2,1-3H3,(H,13,17)(H2,12,14,15,16). The third-order valence-electron chi connectivity index (χ3n) is 2.00. The Morgan fingerprint density at radius 3 is 2.82 bits per heavy atom. The zero-order valence-electron chi connectivity index (χ0n) is 10.3. The molecule has 1 amide bonds. The van der Waals surface area contributed by atoms with E-state index in [0.29, 0.717) is 24.1 Å². The molecule has 0 radical (unpaired) electrons. The van der Waals surface area contributed by atoms with Crippen LogP contribution in [0.4, 0.5) is 5.82 Å². The molecule has 17 heavy (non-hydrogen) atoms. The van der Waals surface area contributed by atoms with Gasteiger partial charge in [0.25, 0.3) is 5.56 Å². The quantitative estimate of drug-likeness (QED) is 0.687. The van der Waals surface area contributed by atoms with Crippen molar-refractivity contribution < 1.29 is 4.79 Å². The first-order valence-electron chi connectivity index (χ1n) is 5.56. The molecule has 0 unspecified atom stereocenters. The SMILES string of the molecule is Cc1nc(NCC(=O)NCC(C)C)cc(=O)[nH]1. The minimum atomic E-state index is -0.234. The summed E-state index contributed by atoms with van der Waals surface area (Å²) in [6.45, 7) is 6.49. The minimum absolute atomic E-state index is 0.113. The topological polar surface area (TPSA) is 86.9 Å². The van der Waals surface area contributed by atoms with Crippen molar-refractivity contribution in [1.82, 2.24) is 15.3 Å². The third kappa shape index (κ3) is 5.14. The summed E-state index contributed by atoms with van der Waals surface area (Å²) in [5.74, 6) is 1.23. The molecular weight excluding hydrogens is 220 g/mol. The molecule has 94 valence electrons. The molecule has 6 heteroatoms. The van der Waals surface area contributed by atoms with Gasteiger partial charge in [-0.15, -0.1) is 0 Å². The Balaban J connectivity index is 2.44. The highest BCUT2D eigenvalue weighted by Gasteiger charge is 2.03. The molecule has 0 bridgehead atoms. The maximum atomic E-state index is 11.4. The number of hydrogen-bond acceptors (Lipinski definition) is 4. The van der Waals surface area contributed by atoms with Crippen molar-refractivity contribution >= 4 is 11.7 Å². The number of nitrogens with zero attached hydrogens (tertiary/aromatic N) is 1. The van der Waals surface area contributed by atoms with Crippen LogP contribution in [0.2, 0.25) is 0 Å². The van der Waals surface area contributed by atoms with Crippen LogP contribution in [0.3, 0.4) is 0 Å². The van der Waals surface area contributed by atoms with Crippen LogP contribution >= 0.6 is 0 Å². The van der Waals surface area contributed by atoms with Gasteiger partial charge in [-0.3, -0.25) is 9.59 Å². The average molecular weight is 238 g/mol. The fourth-order valence-corrected chi connectivity index (χ4v) is 1.22. The summed E-state index contributed by atoms with van der Waals surface area (Å²) >= 11 is 0. The molecule has 0 aliphatic carbocycles. The van der Waals surface area contributed by atoms with Crippen molar-refractivity contribution in [3.8, 4) is 0 Å². The highest BCUT2D eigenvalue weighted by atomic mass is 16.2. The number of carbonyl (C=O) groups excluding carboxylic acids is 1. The summed E-state index contributed by atoms with van der Waals surface area (Å²) in [7, 11) is 0. The molecule has 6 nitrogen and oxygen atoms in total. The Bertz CT molecular complexity index is 439. The molecule has 1 rings (SSSR count). The van der Waals surface area contributed by atoms with Gasteiger partial charge in [-0.05, 0) is 12.8 Å². The Labute approximate surface area is 99.8 Å². The van der Waals surface area contributed by atoms with Crippen LogP contribution in [-0.4, -0.2) is 29.0 Å². The molecule has 1 aromatic rings. The number of aryl methyl sites for hydroxylation is 1. The summed E-state index contributed by atoms with van der Waals surface area (Å²) in [4.78, 5) is 29.1. The van der Waals surface area contributed by atoms with Crippen LogP contribution in [0, 0.1) is 12.8 Å². The maximum absolute atomic E-state index is 11.4. The van der Waals surface area contributed by atoms with E-state index in [1.807, 2.05) is 13.8 Å². The van der Waals surface area contributed by atoms with Crippen molar-refractivity contribution in [3.05, 3.63) is 22.2 Å². The van der Waals surface area contributed by atoms with Gasteiger partial charge in [0.15, 0.2) is 0 Å². The van der Waals surface area contributed by atoms with Crippen molar-refractivity contribution in [2.75, 3.05) is 18.4 Å². The van der Waals surface area contributed by atoms with Gasteiger partial charge in [-0.25, -0.2) is 4.98 Å². The van der Waals surface area contributed by atoms with Crippen molar-refractivity contribution in [2.24, 2.45) is 5.92 Å². The number of aromatic amines is 1. The van der Waals surface area contributed by atoms with E-state index in [-0.39, 0.29) is 18.0 Å². The molecule has 0 aromatic carbocycles. The molecule has 1 aromatic heterocycles. The Kier molecular flexibility index (Phi) is 4.68. The number of nitrogens with one attached hydrogen (secondary N) is 3. The number of aromatic nitrogens is 2. The van der Waals surface area contributed by atoms with Crippen LogP contribution in [-0.2, 0) is 4.79 Å². The molecule has 0 spiro atoms. The normalized spacial score (nSPS) is 10.4. The molecule has 1 heterocycles. The van der Waals surface area contributed by atoms with Gasteiger partial charge in [-0.2, -0.15) is 0 Å². The number of rotatable bonds is 5. The lowest BCUT2D eigenvalue weighted by atomic mass is 10.2. The van der Waals surface area contributed by atoms with E-state index in [9.17, 15) is 9.59 Å². The molecule has 0 atom stereocenters. The van der Waals surface area contributed by atoms with E-state index in [1.54, 1.807) is 6.92 Å². The van der Waals surface area contributed by atoms with Gasteiger partial charge in [0, 0.05) is 12.6 Å². The van der Waals surface area contributed by atoms with Crippen LogP contribution in [0.25, 0.3) is 0 Å². The third-order valence-corrected chi connectivity index (χ3v) is 2.00. The highest BCUT2D eigenvalue weighted by Crippen LogP contribution is 1.96. The highest BCUT2D eigenvalue weighted by molar-refractivity contribution is 5.80. The number of hydrogen-bond donors (Lipinski definition) is 3. The van der Waals surface area contributed by atoms with Crippen molar-refractivity contribution in [3.63, 3.8) is 0 Å². The summed E-state index contributed by atoms with van der Waals surface area (Å²) in [5, 5.41) is 5.57. The summed E-state index contributed by atoms with van der Waals surface area (Å²) in [6.07, 6.45) is 0. The second-order valence-corrected chi connectivity index (χ2v) is 4.27. The monoisotopic (exact) mass is 238 g/mol. The minimum Gasteiger partial charge on any atom is -0.361 e. The second kappa shape index (κ2) is 6.03. The predicted molar refractivity (Wildman–Crippen MR) is 65.9 cm³/mol. The Hall–Kier alpha value is -1.85. The number of anilines is 1.